The molecule has 1 amide bonds. The van der Waals surface area contributed by atoms with E-state index in [-0.39, 0.29) is 16.9 Å². The second-order valence-corrected chi connectivity index (χ2v) is 7.73. The van der Waals surface area contributed by atoms with Crippen LogP contribution in [0.1, 0.15) is 45.7 Å². The van der Waals surface area contributed by atoms with Crippen LogP contribution < -0.4 is 10.9 Å². The first kappa shape index (κ1) is 20.5. The first-order chi connectivity index (χ1) is 14.6. The van der Waals surface area contributed by atoms with E-state index in [9.17, 15) is 14.4 Å². The quantitative estimate of drug-likeness (QED) is 0.736. The average molecular weight is 409 g/mol. The SMILES string of the molecule is O=C1CCCc2c1cc(C(=O)NCCCN1CCOCC1)c(=O)n2-c1ccccc1. The molecular weight excluding hydrogens is 382 g/mol. The highest BCUT2D eigenvalue weighted by atomic mass is 16.5. The van der Waals surface area contributed by atoms with Crippen molar-refractivity contribution >= 4 is 11.7 Å². The molecule has 2 aromatic rings. The Morgan fingerprint density at radius 3 is 2.60 bits per heavy atom. The molecule has 7 nitrogen and oxygen atoms in total. The number of fused-ring (bicyclic) bond motifs is 1. The molecule has 2 aliphatic rings. The van der Waals surface area contributed by atoms with Crippen LogP contribution in [-0.4, -0.2) is 60.6 Å². The van der Waals surface area contributed by atoms with E-state index in [1.54, 1.807) is 0 Å². The molecule has 158 valence electrons. The van der Waals surface area contributed by atoms with Gasteiger partial charge in [0.15, 0.2) is 5.78 Å². The predicted octanol–water partition coefficient (Wildman–Crippen LogP) is 1.81. The zero-order valence-electron chi connectivity index (χ0n) is 17.1. The smallest absolute Gasteiger partial charge is 0.268 e. The summed E-state index contributed by atoms with van der Waals surface area (Å²) < 4.78 is 6.88. The van der Waals surface area contributed by atoms with Crippen LogP contribution in [0, 0.1) is 0 Å². The number of nitrogens with one attached hydrogen (secondary N) is 1. The van der Waals surface area contributed by atoms with E-state index < -0.39 is 5.91 Å². The Morgan fingerprint density at radius 1 is 1.07 bits per heavy atom. The van der Waals surface area contributed by atoms with Crippen LogP contribution in [0.4, 0.5) is 0 Å². The van der Waals surface area contributed by atoms with Gasteiger partial charge in [-0.2, -0.15) is 0 Å². The molecule has 1 aromatic heterocycles. The highest BCUT2D eigenvalue weighted by molar-refractivity contribution is 6.01. The standard InChI is InChI=1S/C23H27N3O4/c27-21-9-4-8-20-18(21)16-19(23(29)26(20)17-6-2-1-3-7-17)22(28)24-10-5-11-25-12-14-30-15-13-25/h1-3,6-7,16H,4-5,8-15H2,(H,24,28). The molecule has 0 spiro atoms. The maximum absolute atomic E-state index is 13.2. The Labute approximate surface area is 175 Å². The molecule has 1 aliphatic heterocycles. The number of carbonyl (C=O) groups excluding carboxylic acids is 2. The van der Waals surface area contributed by atoms with Crippen molar-refractivity contribution in [1.29, 1.82) is 0 Å². The number of aromatic nitrogens is 1. The molecular formula is C23H27N3O4. The lowest BCUT2D eigenvalue weighted by Gasteiger charge is -2.26. The van der Waals surface area contributed by atoms with Gasteiger partial charge in [-0.05, 0) is 44.0 Å². The number of rotatable bonds is 6. The van der Waals surface area contributed by atoms with Gasteiger partial charge in [-0.1, -0.05) is 18.2 Å². The van der Waals surface area contributed by atoms with Crippen LogP contribution in [-0.2, 0) is 11.2 Å². The van der Waals surface area contributed by atoms with Gasteiger partial charge in [-0.3, -0.25) is 23.9 Å². The van der Waals surface area contributed by atoms with Gasteiger partial charge in [-0.25, -0.2) is 0 Å². The lowest BCUT2D eigenvalue weighted by atomic mass is 9.92. The summed E-state index contributed by atoms with van der Waals surface area (Å²) in [6.45, 7) is 4.65. The van der Waals surface area contributed by atoms with E-state index in [1.165, 1.54) is 10.6 Å². The van der Waals surface area contributed by atoms with Crippen LogP contribution in [0.15, 0.2) is 41.2 Å². The molecule has 1 saturated heterocycles. The van der Waals surface area contributed by atoms with Crippen molar-refractivity contribution in [2.24, 2.45) is 0 Å². The van der Waals surface area contributed by atoms with Gasteiger partial charge >= 0.3 is 0 Å². The number of amides is 1. The van der Waals surface area contributed by atoms with E-state index in [4.69, 9.17) is 4.74 Å². The molecule has 1 aromatic carbocycles. The van der Waals surface area contributed by atoms with Crippen LogP contribution >= 0.6 is 0 Å². The van der Waals surface area contributed by atoms with Gasteiger partial charge in [0.25, 0.3) is 11.5 Å². The van der Waals surface area contributed by atoms with Crippen LogP contribution in [0.5, 0.6) is 0 Å². The number of morpholine rings is 1. The maximum Gasteiger partial charge on any atom is 0.268 e. The molecule has 0 unspecified atom stereocenters. The number of para-hydroxylation sites is 1. The molecule has 30 heavy (non-hydrogen) atoms. The largest absolute Gasteiger partial charge is 0.379 e. The molecule has 7 heteroatoms. The third kappa shape index (κ3) is 4.37. The first-order valence-corrected chi connectivity index (χ1v) is 10.6. The van der Waals surface area contributed by atoms with Gasteiger partial charge in [0.1, 0.15) is 5.56 Å². The Kier molecular flexibility index (Phi) is 6.40. The Morgan fingerprint density at radius 2 is 1.83 bits per heavy atom. The Bertz CT molecular complexity index is 978. The molecule has 1 N–H and O–H groups in total. The number of ketones is 1. The summed E-state index contributed by atoms with van der Waals surface area (Å²) >= 11 is 0. The van der Waals surface area contributed by atoms with Gasteiger partial charge < -0.3 is 10.1 Å². The van der Waals surface area contributed by atoms with Crippen molar-refractivity contribution in [2.45, 2.75) is 25.7 Å². The summed E-state index contributed by atoms with van der Waals surface area (Å²) in [6.07, 6.45) is 2.60. The maximum atomic E-state index is 13.2. The third-order valence-corrected chi connectivity index (χ3v) is 5.72. The van der Waals surface area contributed by atoms with Crippen molar-refractivity contribution in [2.75, 3.05) is 39.4 Å². The summed E-state index contributed by atoms with van der Waals surface area (Å²) in [6, 6.07) is 10.7. The fraction of sp³-hybridized carbons (Fsp3) is 0.435. The zero-order chi connectivity index (χ0) is 20.9. The molecule has 0 radical (unpaired) electrons. The number of Topliss-reactive ketones (excluding diaryl/α,β-unsaturated/α-hetero) is 1. The number of hydrogen-bond donors (Lipinski definition) is 1. The van der Waals surface area contributed by atoms with Gasteiger partial charge in [-0.15, -0.1) is 0 Å². The predicted molar refractivity (Wildman–Crippen MR) is 114 cm³/mol. The van der Waals surface area contributed by atoms with Crippen molar-refractivity contribution in [3.05, 3.63) is 63.6 Å². The zero-order valence-corrected chi connectivity index (χ0v) is 17.1. The third-order valence-electron chi connectivity index (χ3n) is 5.72. The summed E-state index contributed by atoms with van der Waals surface area (Å²) in [7, 11) is 0. The number of hydrogen-bond acceptors (Lipinski definition) is 5. The number of nitrogens with zero attached hydrogens (tertiary/aromatic N) is 2. The first-order valence-electron chi connectivity index (χ1n) is 10.6. The second kappa shape index (κ2) is 9.36. The lowest BCUT2D eigenvalue weighted by Crippen LogP contribution is -2.39. The van der Waals surface area contributed by atoms with Crippen molar-refractivity contribution in [3.63, 3.8) is 0 Å². The molecule has 2 heterocycles. The highest BCUT2D eigenvalue weighted by Crippen LogP contribution is 2.23. The lowest BCUT2D eigenvalue weighted by molar-refractivity contribution is 0.0374. The minimum atomic E-state index is -0.423. The van der Waals surface area contributed by atoms with E-state index in [1.807, 2.05) is 30.3 Å². The minimum Gasteiger partial charge on any atom is -0.379 e. The fourth-order valence-corrected chi connectivity index (χ4v) is 4.13. The van der Waals surface area contributed by atoms with E-state index in [0.717, 1.165) is 39.3 Å². The molecule has 0 bridgehead atoms. The van der Waals surface area contributed by atoms with Crippen LogP contribution in [0.25, 0.3) is 5.69 Å². The molecule has 1 fully saturated rings. The Hall–Kier alpha value is -2.77. The number of carbonyl (C=O) groups is 2. The van der Waals surface area contributed by atoms with Crippen LogP contribution in [0.3, 0.4) is 0 Å². The number of pyridine rings is 1. The summed E-state index contributed by atoms with van der Waals surface area (Å²) in [5.74, 6) is -0.435. The monoisotopic (exact) mass is 409 g/mol. The van der Waals surface area contributed by atoms with Crippen LogP contribution in [0.2, 0.25) is 0 Å². The van der Waals surface area contributed by atoms with Gasteiger partial charge in [0.05, 0.1) is 13.2 Å². The van der Waals surface area contributed by atoms with Crippen molar-refractivity contribution < 1.29 is 14.3 Å². The summed E-state index contributed by atoms with van der Waals surface area (Å²) in [5.41, 5.74) is 1.52. The summed E-state index contributed by atoms with van der Waals surface area (Å²) in [4.78, 5) is 40.9. The Balaban J connectivity index is 1.55. The summed E-state index contributed by atoms with van der Waals surface area (Å²) in [5, 5.41) is 2.86. The van der Waals surface area contributed by atoms with E-state index >= 15 is 0 Å². The second-order valence-electron chi connectivity index (χ2n) is 7.73. The minimum absolute atomic E-state index is 0.0118. The molecule has 1 aliphatic carbocycles. The molecule has 4 rings (SSSR count). The van der Waals surface area contributed by atoms with Crippen molar-refractivity contribution in [3.8, 4) is 5.69 Å². The topological polar surface area (TPSA) is 80.6 Å². The van der Waals surface area contributed by atoms with Gasteiger partial charge in [0.2, 0.25) is 0 Å². The highest BCUT2D eigenvalue weighted by Gasteiger charge is 2.26. The van der Waals surface area contributed by atoms with Crippen molar-refractivity contribution in [1.82, 2.24) is 14.8 Å². The van der Waals surface area contributed by atoms with Gasteiger partial charge in [0, 0.05) is 43.0 Å². The molecule has 0 atom stereocenters. The number of benzene rings is 1. The van der Waals surface area contributed by atoms with E-state index in [0.29, 0.717) is 42.8 Å². The van der Waals surface area contributed by atoms with E-state index in [2.05, 4.69) is 10.2 Å². The fourth-order valence-electron chi connectivity index (χ4n) is 4.13. The average Bonchev–Trinajstić information content (AvgIpc) is 2.78. The molecule has 0 saturated carbocycles. The normalized spacial score (nSPS) is 16.9. The number of ether oxygens (including phenoxy) is 1.